The van der Waals surface area contributed by atoms with Crippen LogP contribution < -0.4 is 10.2 Å². The molecule has 1 aromatic rings. The second-order valence-corrected chi connectivity index (χ2v) is 4.97. The summed E-state index contributed by atoms with van der Waals surface area (Å²) in [6, 6.07) is 9.79. The standard InChI is InChI=1S/C16H23N3O/c1-5-16(4,12-17)15(20)18-13-8-10-14(11-9-13)19(6-2)7-3/h8-11H,5-7H2,1-4H3,(H,18,20). The van der Waals surface area contributed by atoms with Gasteiger partial charge in [-0.1, -0.05) is 6.92 Å². The predicted octanol–water partition coefficient (Wildman–Crippen LogP) is 3.41. The van der Waals surface area contributed by atoms with Gasteiger partial charge in [0, 0.05) is 24.5 Å². The van der Waals surface area contributed by atoms with Gasteiger partial charge in [-0.3, -0.25) is 4.79 Å². The van der Waals surface area contributed by atoms with Gasteiger partial charge in [-0.15, -0.1) is 0 Å². The number of carbonyl (C=O) groups is 1. The zero-order valence-corrected chi connectivity index (χ0v) is 12.7. The number of nitriles is 1. The number of rotatable bonds is 6. The van der Waals surface area contributed by atoms with Gasteiger partial charge in [0.25, 0.3) is 0 Å². The molecule has 0 radical (unpaired) electrons. The highest BCUT2D eigenvalue weighted by molar-refractivity contribution is 5.97. The normalized spacial score (nSPS) is 13.2. The maximum absolute atomic E-state index is 12.1. The molecule has 1 unspecified atom stereocenters. The Hall–Kier alpha value is -2.02. The second-order valence-electron chi connectivity index (χ2n) is 4.97. The monoisotopic (exact) mass is 273 g/mol. The van der Waals surface area contributed by atoms with Crippen molar-refractivity contribution in [3.63, 3.8) is 0 Å². The van der Waals surface area contributed by atoms with Crippen LogP contribution in [0.25, 0.3) is 0 Å². The van der Waals surface area contributed by atoms with Crippen LogP contribution in [0.3, 0.4) is 0 Å². The summed E-state index contributed by atoms with van der Waals surface area (Å²) in [5.41, 5.74) is 0.879. The fourth-order valence-electron chi connectivity index (χ4n) is 1.90. The molecule has 1 rings (SSSR count). The first-order valence-electron chi connectivity index (χ1n) is 7.08. The van der Waals surface area contributed by atoms with E-state index in [9.17, 15) is 4.79 Å². The Labute approximate surface area is 121 Å². The minimum atomic E-state index is -0.975. The molecular formula is C16H23N3O. The molecule has 0 aliphatic carbocycles. The van der Waals surface area contributed by atoms with E-state index in [1.165, 1.54) is 0 Å². The highest BCUT2D eigenvalue weighted by Crippen LogP contribution is 2.23. The lowest BCUT2D eigenvalue weighted by Crippen LogP contribution is -2.31. The van der Waals surface area contributed by atoms with Crippen molar-refractivity contribution in [2.75, 3.05) is 23.3 Å². The van der Waals surface area contributed by atoms with Gasteiger partial charge in [0.15, 0.2) is 0 Å². The zero-order chi connectivity index (χ0) is 15.2. The highest BCUT2D eigenvalue weighted by atomic mass is 16.2. The minimum Gasteiger partial charge on any atom is -0.372 e. The van der Waals surface area contributed by atoms with Gasteiger partial charge in [0.1, 0.15) is 5.41 Å². The molecule has 0 aliphatic rings. The Morgan fingerprint density at radius 3 is 2.20 bits per heavy atom. The van der Waals surface area contributed by atoms with Crippen LogP contribution in [0.5, 0.6) is 0 Å². The van der Waals surface area contributed by atoms with Crippen LogP contribution in [0.1, 0.15) is 34.1 Å². The van der Waals surface area contributed by atoms with Crippen LogP contribution in [-0.4, -0.2) is 19.0 Å². The van der Waals surface area contributed by atoms with Gasteiger partial charge < -0.3 is 10.2 Å². The average Bonchev–Trinajstić information content (AvgIpc) is 2.49. The maximum atomic E-state index is 12.1. The van der Waals surface area contributed by atoms with Gasteiger partial charge in [-0.25, -0.2) is 0 Å². The first-order valence-corrected chi connectivity index (χ1v) is 7.08. The van der Waals surface area contributed by atoms with E-state index in [1.54, 1.807) is 6.92 Å². The summed E-state index contributed by atoms with van der Waals surface area (Å²) in [7, 11) is 0. The number of hydrogen-bond donors (Lipinski definition) is 1. The smallest absolute Gasteiger partial charge is 0.244 e. The molecule has 1 amide bonds. The van der Waals surface area contributed by atoms with Gasteiger partial charge in [-0.05, 0) is 51.5 Å². The third kappa shape index (κ3) is 3.51. The van der Waals surface area contributed by atoms with Crippen molar-refractivity contribution in [1.82, 2.24) is 0 Å². The van der Waals surface area contributed by atoms with E-state index in [-0.39, 0.29) is 5.91 Å². The summed E-state index contributed by atoms with van der Waals surface area (Å²) < 4.78 is 0. The molecule has 108 valence electrons. The summed E-state index contributed by atoms with van der Waals surface area (Å²) in [5, 5.41) is 11.9. The van der Waals surface area contributed by atoms with Crippen LogP contribution in [0.2, 0.25) is 0 Å². The topological polar surface area (TPSA) is 56.1 Å². The van der Waals surface area contributed by atoms with Crippen molar-refractivity contribution in [2.24, 2.45) is 5.41 Å². The summed E-state index contributed by atoms with van der Waals surface area (Å²) >= 11 is 0. The number of nitrogens with one attached hydrogen (secondary N) is 1. The van der Waals surface area contributed by atoms with Crippen molar-refractivity contribution >= 4 is 17.3 Å². The number of hydrogen-bond acceptors (Lipinski definition) is 3. The van der Waals surface area contributed by atoms with Gasteiger partial charge >= 0.3 is 0 Å². The Kier molecular flexibility index (Phi) is 5.57. The Bertz CT molecular complexity index is 485. The number of anilines is 2. The molecule has 0 saturated carbocycles. The lowest BCUT2D eigenvalue weighted by Gasteiger charge is -2.22. The minimum absolute atomic E-state index is 0.252. The van der Waals surface area contributed by atoms with E-state index >= 15 is 0 Å². The molecule has 0 aromatic heterocycles. The maximum Gasteiger partial charge on any atom is 0.244 e. The zero-order valence-electron chi connectivity index (χ0n) is 12.7. The van der Waals surface area contributed by atoms with Gasteiger partial charge in [-0.2, -0.15) is 5.26 Å². The van der Waals surface area contributed by atoms with Crippen LogP contribution in [-0.2, 0) is 4.79 Å². The summed E-state index contributed by atoms with van der Waals surface area (Å²) in [5.74, 6) is -0.252. The average molecular weight is 273 g/mol. The summed E-state index contributed by atoms with van der Waals surface area (Å²) in [6.07, 6.45) is 0.493. The van der Waals surface area contributed by atoms with Crippen molar-refractivity contribution in [1.29, 1.82) is 5.26 Å². The fraction of sp³-hybridized carbons (Fsp3) is 0.500. The molecule has 0 aliphatic heterocycles. The van der Waals surface area contributed by atoms with Crippen LogP contribution in [0, 0.1) is 16.7 Å². The molecule has 0 bridgehead atoms. The van der Waals surface area contributed by atoms with E-state index < -0.39 is 5.41 Å². The number of carbonyl (C=O) groups excluding carboxylic acids is 1. The van der Waals surface area contributed by atoms with Crippen molar-refractivity contribution < 1.29 is 4.79 Å². The molecule has 0 fully saturated rings. The molecular weight excluding hydrogens is 250 g/mol. The van der Waals surface area contributed by atoms with Crippen LogP contribution >= 0.6 is 0 Å². The third-order valence-electron chi connectivity index (χ3n) is 3.71. The Balaban J connectivity index is 2.81. The van der Waals surface area contributed by atoms with Crippen molar-refractivity contribution in [3.05, 3.63) is 24.3 Å². The van der Waals surface area contributed by atoms with Crippen molar-refractivity contribution in [2.45, 2.75) is 34.1 Å². The first kappa shape index (κ1) is 16.0. The fourth-order valence-corrected chi connectivity index (χ4v) is 1.90. The van der Waals surface area contributed by atoms with E-state index in [4.69, 9.17) is 5.26 Å². The molecule has 1 N–H and O–H groups in total. The van der Waals surface area contributed by atoms with Crippen molar-refractivity contribution in [3.8, 4) is 6.07 Å². The highest BCUT2D eigenvalue weighted by Gasteiger charge is 2.31. The van der Waals surface area contributed by atoms with Crippen LogP contribution in [0.15, 0.2) is 24.3 Å². The molecule has 0 heterocycles. The summed E-state index contributed by atoms with van der Waals surface area (Å²) in [6.45, 7) is 9.62. The number of nitrogens with zero attached hydrogens (tertiary/aromatic N) is 2. The van der Waals surface area contributed by atoms with E-state index in [0.717, 1.165) is 24.5 Å². The Morgan fingerprint density at radius 2 is 1.80 bits per heavy atom. The largest absolute Gasteiger partial charge is 0.372 e. The molecule has 4 nitrogen and oxygen atoms in total. The second kappa shape index (κ2) is 6.95. The lowest BCUT2D eigenvalue weighted by atomic mass is 9.88. The van der Waals surface area contributed by atoms with Crippen LogP contribution in [0.4, 0.5) is 11.4 Å². The quantitative estimate of drug-likeness (QED) is 0.864. The molecule has 4 heteroatoms. The SMILES string of the molecule is CCN(CC)c1ccc(NC(=O)C(C)(C#N)CC)cc1. The molecule has 0 spiro atoms. The van der Waals surface area contributed by atoms with E-state index in [2.05, 4.69) is 30.1 Å². The molecule has 1 aromatic carbocycles. The lowest BCUT2D eigenvalue weighted by molar-refractivity contribution is -0.122. The van der Waals surface area contributed by atoms with E-state index in [1.807, 2.05) is 31.2 Å². The summed E-state index contributed by atoms with van der Waals surface area (Å²) in [4.78, 5) is 14.3. The Morgan fingerprint density at radius 1 is 1.25 bits per heavy atom. The predicted molar refractivity (Wildman–Crippen MR) is 82.6 cm³/mol. The van der Waals surface area contributed by atoms with Gasteiger partial charge in [0.2, 0.25) is 5.91 Å². The first-order chi connectivity index (χ1) is 9.50. The molecule has 1 atom stereocenters. The van der Waals surface area contributed by atoms with Gasteiger partial charge in [0.05, 0.1) is 6.07 Å². The number of benzene rings is 1. The third-order valence-corrected chi connectivity index (χ3v) is 3.71. The van der Waals surface area contributed by atoms with E-state index in [0.29, 0.717) is 6.42 Å². The molecule has 0 saturated heterocycles. The molecule has 20 heavy (non-hydrogen) atoms. The number of amides is 1.